The molecule has 0 aliphatic heterocycles. The topological polar surface area (TPSA) is 4.93 Å². The van der Waals surface area contributed by atoms with Crippen LogP contribution in [-0.2, 0) is 0 Å². The highest BCUT2D eigenvalue weighted by atomic mass is 15.0. The van der Waals surface area contributed by atoms with Crippen molar-refractivity contribution >= 4 is 55.0 Å². The molecule has 1 nitrogen and oxygen atoms in total. The number of hydrogen-bond donors (Lipinski definition) is 0. The number of allylic oxidation sites excluding steroid dienone is 5. The van der Waals surface area contributed by atoms with Crippen LogP contribution in [0.2, 0.25) is 0 Å². The van der Waals surface area contributed by atoms with E-state index in [1.807, 2.05) is 19.1 Å². The van der Waals surface area contributed by atoms with Gasteiger partial charge in [-0.3, -0.25) is 0 Å². The Labute approximate surface area is 369 Å². The van der Waals surface area contributed by atoms with Crippen molar-refractivity contribution in [1.29, 1.82) is 0 Å². The molecule has 10 aromatic rings. The van der Waals surface area contributed by atoms with E-state index in [0.29, 0.717) is 0 Å². The summed E-state index contributed by atoms with van der Waals surface area (Å²) in [6.45, 7) is 4.17. The number of nitrogens with zero attached hydrogens (tertiary/aromatic N) is 1. The second-order valence-electron chi connectivity index (χ2n) is 15.9. The van der Waals surface area contributed by atoms with Crippen LogP contribution in [0.4, 0.5) is 0 Å². The lowest BCUT2D eigenvalue weighted by Gasteiger charge is -2.18. The fourth-order valence-electron chi connectivity index (χ4n) is 9.34. The first-order valence-corrected chi connectivity index (χ1v) is 21.4. The van der Waals surface area contributed by atoms with Gasteiger partial charge in [0.05, 0.1) is 11.0 Å². The van der Waals surface area contributed by atoms with E-state index in [-0.39, 0.29) is 0 Å². The molecule has 296 valence electrons. The normalized spacial score (nSPS) is 11.9. The van der Waals surface area contributed by atoms with Gasteiger partial charge in [-0.1, -0.05) is 164 Å². The van der Waals surface area contributed by atoms with Crippen molar-refractivity contribution < 1.29 is 0 Å². The Morgan fingerprint density at radius 3 is 1.60 bits per heavy atom. The lowest BCUT2D eigenvalue weighted by molar-refractivity contribution is 1.18. The summed E-state index contributed by atoms with van der Waals surface area (Å²) in [7, 11) is 0. The number of aryl methyl sites for hydroxylation is 1. The summed E-state index contributed by atoms with van der Waals surface area (Å²) in [6.07, 6.45) is 20.6. The Balaban J connectivity index is 1.04. The van der Waals surface area contributed by atoms with Crippen molar-refractivity contribution in [2.24, 2.45) is 0 Å². The fourth-order valence-corrected chi connectivity index (χ4v) is 9.34. The molecule has 0 atom stereocenters. The largest absolute Gasteiger partial charge is 0.309 e. The molecular weight excluding hydrogens is 759 g/mol. The first kappa shape index (κ1) is 38.8. The van der Waals surface area contributed by atoms with E-state index < -0.39 is 0 Å². The summed E-state index contributed by atoms with van der Waals surface area (Å²) in [5.41, 5.74) is 17.6. The molecule has 0 aliphatic rings. The number of rotatable bonds is 8. The molecule has 1 heterocycles. The molecule has 1 heteroatoms. The summed E-state index contributed by atoms with van der Waals surface area (Å²) in [4.78, 5) is 0. The first-order chi connectivity index (χ1) is 31.0. The van der Waals surface area contributed by atoms with Crippen molar-refractivity contribution in [2.75, 3.05) is 0 Å². The standard InChI is InChI=1S/C62H43N/c1-5-8-17-43(7-3)48-19-16-20-49(40-48)51-35-38-60-58(41-51)53-21-14-15-26-59(53)63(60)52-36-33-47(34-37-52)62-56-24-12-10-22-54(56)61(55-23-11-13-25-57(55)62)46-30-28-45(29-31-46)50-32-27-44(18-9-6-2)42(4)39-50/h1-2,7-41H,3-4H3. The molecule has 0 radical (unpaired) electrons. The molecule has 63 heavy (non-hydrogen) atoms. The van der Waals surface area contributed by atoms with Gasteiger partial charge in [-0.15, -0.1) is 12.8 Å². The van der Waals surface area contributed by atoms with Crippen LogP contribution in [0.25, 0.3) is 105 Å². The number of fused-ring (bicyclic) bond motifs is 5. The highest BCUT2D eigenvalue weighted by Crippen LogP contribution is 2.44. The zero-order valence-corrected chi connectivity index (χ0v) is 35.3. The molecule has 0 unspecified atom stereocenters. The Hall–Kier alpha value is -8.36. The van der Waals surface area contributed by atoms with Gasteiger partial charge in [0.2, 0.25) is 0 Å². The van der Waals surface area contributed by atoms with Gasteiger partial charge in [-0.25, -0.2) is 0 Å². The lowest BCUT2D eigenvalue weighted by atomic mass is 9.85. The van der Waals surface area contributed by atoms with Gasteiger partial charge in [0.25, 0.3) is 0 Å². The van der Waals surface area contributed by atoms with E-state index in [0.717, 1.165) is 28.0 Å². The predicted molar refractivity (Wildman–Crippen MR) is 272 cm³/mol. The van der Waals surface area contributed by atoms with E-state index in [9.17, 15) is 0 Å². The average molecular weight is 802 g/mol. The molecule has 9 aromatic carbocycles. The minimum absolute atomic E-state index is 1.10. The van der Waals surface area contributed by atoms with Gasteiger partial charge in [0.1, 0.15) is 0 Å². The molecule has 0 saturated heterocycles. The summed E-state index contributed by atoms with van der Waals surface area (Å²) < 4.78 is 2.40. The van der Waals surface area contributed by atoms with Crippen molar-refractivity contribution in [3.05, 3.63) is 223 Å². The van der Waals surface area contributed by atoms with Gasteiger partial charge in [-0.2, -0.15) is 0 Å². The number of para-hydroxylation sites is 1. The molecule has 1 aromatic heterocycles. The van der Waals surface area contributed by atoms with Crippen LogP contribution in [0.3, 0.4) is 0 Å². The van der Waals surface area contributed by atoms with Crippen LogP contribution < -0.4 is 0 Å². The van der Waals surface area contributed by atoms with E-state index in [2.05, 4.69) is 211 Å². The van der Waals surface area contributed by atoms with Crippen molar-refractivity contribution in [3.63, 3.8) is 0 Å². The number of hydrogen-bond acceptors (Lipinski definition) is 0. The quantitative estimate of drug-likeness (QED) is 0.0819. The van der Waals surface area contributed by atoms with Crippen LogP contribution >= 0.6 is 0 Å². The third-order valence-corrected chi connectivity index (χ3v) is 12.4. The van der Waals surface area contributed by atoms with Crippen molar-refractivity contribution in [1.82, 2.24) is 4.57 Å². The highest BCUT2D eigenvalue weighted by Gasteiger charge is 2.18. The fraction of sp³-hybridized carbons (Fsp3) is 0.0323. The molecule has 0 fully saturated rings. The SMILES string of the molecule is C#CC=CC(=CC)c1cccc(-c2ccc3c(c2)c2ccccc2n3-c2ccc(-c3c4ccccc4c(-c4ccc(-c5ccc(C=CC#C)c(C)c5)cc4)c4ccccc34)cc2)c1. The minimum atomic E-state index is 1.10. The van der Waals surface area contributed by atoms with Crippen LogP contribution in [-0.4, -0.2) is 4.57 Å². The van der Waals surface area contributed by atoms with Crippen LogP contribution in [0.5, 0.6) is 0 Å². The maximum atomic E-state index is 5.53. The lowest BCUT2D eigenvalue weighted by Crippen LogP contribution is -1.95. The number of benzene rings is 9. The summed E-state index contributed by atoms with van der Waals surface area (Å²) >= 11 is 0. The third kappa shape index (κ3) is 7.03. The van der Waals surface area contributed by atoms with Crippen molar-refractivity contribution in [2.45, 2.75) is 13.8 Å². The molecule has 0 amide bonds. The van der Waals surface area contributed by atoms with Gasteiger partial charge in [0.15, 0.2) is 0 Å². The summed E-state index contributed by atoms with van der Waals surface area (Å²) in [5.74, 6) is 5.21. The molecular formula is C62H43N. The Bertz CT molecular complexity index is 3520. The van der Waals surface area contributed by atoms with Crippen molar-refractivity contribution in [3.8, 4) is 74.9 Å². The molecule has 0 aliphatic carbocycles. The highest BCUT2D eigenvalue weighted by molar-refractivity contribution is 6.21. The van der Waals surface area contributed by atoms with E-state index in [1.165, 1.54) is 87.9 Å². The summed E-state index contributed by atoms with van der Waals surface area (Å²) in [5, 5.41) is 7.38. The number of terminal acetylenes is 2. The summed E-state index contributed by atoms with van der Waals surface area (Å²) in [6, 6.07) is 66.7. The molecule has 10 rings (SSSR count). The van der Waals surface area contributed by atoms with Crippen LogP contribution in [0.1, 0.15) is 23.6 Å². The minimum Gasteiger partial charge on any atom is -0.309 e. The molecule has 0 saturated carbocycles. The maximum absolute atomic E-state index is 5.53. The Morgan fingerprint density at radius 1 is 0.460 bits per heavy atom. The van der Waals surface area contributed by atoms with E-state index in [1.54, 1.807) is 12.2 Å². The second-order valence-corrected chi connectivity index (χ2v) is 15.9. The van der Waals surface area contributed by atoms with Crippen LogP contribution in [0.15, 0.2) is 206 Å². The number of aromatic nitrogens is 1. The molecule has 0 N–H and O–H groups in total. The Kier molecular flexibility index (Phi) is 10.2. The van der Waals surface area contributed by atoms with Gasteiger partial charge in [-0.05, 0) is 163 Å². The third-order valence-electron chi connectivity index (χ3n) is 12.4. The second kappa shape index (κ2) is 16.6. The molecule has 0 bridgehead atoms. The van der Waals surface area contributed by atoms with E-state index >= 15 is 0 Å². The predicted octanol–water partition coefficient (Wildman–Crippen LogP) is 16.3. The zero-order valence-electron chi connectivity index (χ0n) is 35.3. The van der Waals surface area contributed by atoms with Crippen LogP contribution in [0, 0.1) is 31.6 Å². The maximum Gasteiger partial charge on any atom is 0.0541 e. The average Bonchev–Trinajstić information content (AvgIpc) is 3.67. The molecule has 0 spiro atoms. The van der Waals surface area contributed by atoms with Gasteiger partial charge < -0.3 is 4.57 Å². The van der Waals surface area contributed by atoms with Gasteiger partial charge in [0, 0.05) is 16.5 Å². The first-order valence-electron chi connectivity index (χ1n) is 21.4. The Morgan fingerprint density at radius 2 is 0.984 bits per heavy atom. The van der Waals surface area contributed by atoms with E-state index in [4.69, 9.17) is 12.8 Å². The smallest absolute Gasteiger partial charge is 0.0541 e. The van der Waals surface area contributed by atoms with Gasteiger partial charge >= 0.3 is 0 Å². The monoisotopic (exact) mass is 801 g/mol. The zero-order chi connectivity index (χ0) is 42.9.